The van der Waals surface area contributed by atoms with Crippen LogP contribution in [0.25, 0.3) is 0 Å². The maximum absolute atomic E-state index is 11.9. The second-order valence-electron chi connectivity index (χ2n) is 6.70. The summed E-state index contributed by atoms with van der Waals surface area (Å²) < 4.78 is 23.3. The maximum atomic E-state index is 11.9. The Labute approximate surface area is 268 Å². The number of nitrogens with one attached hydrogen (secondary N) is 1. The van der Waals surface area contributed by atoms with Crippen molar-refractivity contribution in [3.05, 3.63) is 0 Å². The number of hydrogen-bond donors (Lipinski definition) is 2. The van der Waals surface area contributed by atoms with Gasteiger partial charge in [0.25, 0.3) is 5.24 Å². The molecule has 17 heteroatoms. The van der Waals surface area contributed by atoms with Crippen LogP contribution in [0, 0.1) is 0 Å². The maximum Gasteiger partial charge on any atom is 0.279 e. The molecule has 2 N–H and O–H groups in total. The molecule has 1 amide bonds. The zero-order valence-corrected chi connectivity index (χ0v) is 30.0. The molecule has 0 aromatic rings. The summed E-state index contributed by atoms with van der Waals surface area (Å²) in [6.07, 6.45) is 0. The summed E-state index contributed by atoms with van der Waals surface area (Å²) in [6, 6.07) is 0. The van der Waals surface area contributed by atoms with E-state index in [9.17, 15) is 13.2 Å². The number of carbonyl (C=O) groups is 1. The molecule has 224 valence electrons. The van der Waals surface area contributed by atoms with Gasteiger partial charge in [-0.1, -0.05) is 11.8 Å². The van der Waals surface area contributed by atoms with Gasteiger partial charge in [0.15, 0.2) is 0 Å². The first-order chi connectivity index (χ1) is 18.6. The number of amides is 1. The average Bonchev–Trinajstić information content (AvgIpc) is 2.91. The molecule has 0 aromatic carbocycles. The highest BCUT2D eigenvalue weighted by molar-refractivity contribution is 8.23. The van der Waals surface area contributed by atoms with E-state index in [1.54, 1.807) is 22.9 Å². The number of nitrogens with zero attached hydrogens (tertiary/aromatic N) is 2. The Hall–Kier alpha value is 1.87. The molecule has 38 heavy (non-hydrogen) atoms. The SMILES string of the molecule is CCN=CS(=O)CCSCSCSCCSC(=O)NCCSCSCSCCN=CS(=O)CCSCCO. The van der Waals surface area contributed by atoms with Gasteiger partial charge < -0.3 is 10.4 Å². The first kappa shape index (κ1) is 39.9. The number of carbonyl (C=O) groups excluding carboxylic acids is 1. The van der Waals surface area contributed by atoms with Crippen LogP contribution >= 0.6 is 94.1 Å². The minimum atomic E-state index is -1.00. The van der Waals surface area contributed by atoms with Gasteiger partial charge in [0.05, 0.1) is 39.3 Å². The molecular weight excluding hydrogens is 679 g/mol. The van der Waals surface area contributed by atoms with Crippen molar-refractivity contribution in [3.8, 4) is 0 Å². The Morgan fingerprint density at radius 2 is 1.32 bits per heavy atom. The predicted octanol–water partition coefficient (Wildman–Crippen LogP) is 4.96. The van der Waals surface area contributed by atoms with Crippen molar-refractivity contribution < 1.29 is 18.3 Å². The average molecular weight is 720 g/mol. The highest BCUT2D eigenvalue weighted by Crippen LogP contribution is 2.19. The molecule has 2 atom stereocenters. The molecule has 0 aliphatic rings. The summed E-state index contributed by atoms with van der Waals surface area (Å²) in [4.78, 5) is 20.1. The molecule has 0 aliphatic carbocycles. The van der Waals surface area contributed by atoms with E-state index in [0.29, 0.717) is 36.9 Å². The van der Waals surface area contributed by atoms with Crippen LogP contribution in [0.4, 0.5) is 4.79 Å². The molecule has 7 nitrogen and oxygen atoms in total. The van der Waals surface area contributed by atoms with Crippen LogP contribution in [0.1, 0.15) is 6.92 Å². The topological polar surface area (TPSA) is 108 Å². The van der Waals surface area contributed by atoms with Crippen molar-refractivity contribution in [1.82, 2.24) is 5.32 Å². The molecule has 0 saturated heterocycles. The smallest absolute Gasteiger partial charge is 0.279 e. The number of aliphatic hydroxyl groups excluding tert-OH is 1. The Morgan fingerprint density at radius 3 is 1.97 bits per heavy atom. The summed E-state index contributed by atoms with van der Waals surface area (Å²) in [6.45, 7) is 4.17. The Kier molecular flexibility index (Phi) is 35.0. The molecule has 0 bridgehead atoms. The number of thioether (sulfide) groups is 8. The van der Waals surface area contributed by atoms with Crippen molar-refractivity contribution in [3.63, 3.8) is 0 Å². The quantitative estimate of drug-likeness (QED) is 0.0494. The monoisotopic (exact) mass is 719 g/mol. The zero-order chi connectivity index (χ0) is 27.9. The standard InChI is InChI=1S/C21H41N3O4S10/c1-2-22-15-37(27)14-12-33-20-35-19-32-9-10-36-21(26)24-4-7-31-18-34-17-30-6-3-23-16-38(28)13-11-29-8-5-25/h15-16,25H,2-14,17-20H2,1H3,(H,24,26). The zero-order valence-electron chi connectivity index (χ0n) is 21.8. The fraction of sp³-hybridized carbons (Fsp3) is 0.857. The molecule has 0 rings (SSSR count). The minimum Gasteiger partial charge on any atom is -0.396 e. The van der Waals surface area contributed by atoms with E-state index in [1.807, 2.05) is 77.5 Å². The number of aliphatic hydroxyl groups is 1. The van der Waals surface area contributed by atoms with Gasteiger partial charge in [0.1, 0.15) is 0 Å². The van der Waals surface area contributed by atoms with Crippen molar-refractivity contribution in [2.45, 2.75) is 6.92 Å². The fourth-order valence-corrected chi connectivity index (χ4v) is 12.6. The molecule has 0 heterocycles. The Morgan fingerprint density at radius 1 is 0.737 bits per heavy atom. The second-order valence-corrected chi connectivity index (χ2v) is 19.6. The number of aliphatic imine (C=N–C) groups is 2. The highest BCUT2D eigenvalue weighted by Gasteiger charge is 2.02. The molecule has 0 aromatic heterocycles. The van der Waals surface area contributed by atoms with Crippen LogP contribution in [-0.2, 0) is 21.6 Å². The lowest BCUT2D eigenvalue weighted by atomic mass is 10.8. The van der Waals surface area contributed by atoms with Crippen molar-refractivity contribution in [2.75, 3.05) is 98.4 Å². The fourth-order valence-electron chi connectivity index (χ4n) is 1.97. The van der Waals surface area contributed by atoms with Crippen molar-refractivity contribution in [2.24, 2.45) is 9.98 Å². The first-order valence-corrected chi connectivity index (χ1v) is 23.7. The van der Waals surface area contributed by atoms with Gasteiger partial charge in [-0.3, -0.25) is 23.2 Å². The molecule has 0 radical (unpaired) electrons. The van der Waals surface area contributed by atoms with Crippen LogP contribution < -0.4 is 5.32 Å². The molecule has 2 unspecified atom stereocenters. The van der Waals surface area contributed by atoms with Gasteiger partial charge in [-0.05, 0) is 6.92 Å². The van der Waals surface area contributed by atoms with Gasteiger partial charge in [0, 0.05) is 91.7 Å². The number of hydrogen-bond acceptors (Lipinski definition) is 14. The molecular formula is C21H41N3O4S10. The Balaban J connectivity index is 3.32. The van der Waals surface area contributed by atoms with E-state index in [2.05, 4.69) is 15.3 Å². The summed E-state index contributed by atoms with van der Waals surface area (Å²) in [5, 5.41) is 15.8. The molecule has 0 spiro atoms. The lowest BCUT2D eigenvalue weighted by Gasteiger charge is -2.05. The summed E-state index contributed by atoms with van der Waals surface area (Å²) >= 11 is 14.0. The first-order valence-electron chi connectivity index (χ1n) is 11.9. The second kappa shape index (κ2) is 33.4. The predicted molar refractivity (Wildman–Crippen MR) is 193 cm³/mol. The summed E-state index contributed by atoms with van der Waals surface area (Å²) in [7, 11) is -1.94. The summed E-state index contributed by atoms with van der Waals surface area (Å²) in [5.74, 6) is 7.25. The number of rotatable bonds is 28. The molecule has 0 fully saturated rings. The largest absolute Gasteiger partial charge is 0.396 e. The lowest BCUT2D eigenvalue weighted by Crippen LogP contribution is -2.22. The lowest BCUT2D eigenvalue weighted by molar-refractivity contribution is 0.261. The Bertz CT molecular complexity index is 663. The van der Waals surface area contributed by atoms with Gasteiger partial charge in [-0.2, -0.15) is 35.3 Å². The van der Waals surface area contributed by atoms with E-state index in [4.69, 9.17) is 5.11 Å². The highest BCUT2D eigenvalue weighted by atomic mass is 32.2. The van der Waals surface area contributed by atoms with Crippen LogP contribution in [0.15, 0.2) is 9.98 Å². The van der Waals surface area contributed by atoms with Crippen LogP contribution in [0.2, 0.25) is 0 Å². The molecule has 0 saturated carbocycles. The van der Waals surface area contributed by atoms with Gasteiger partial charge >= 0.3 is 0 Å². The van der Waals surface area contributed by atoms with Crippen LogP contribution in [0.3, 0.4) is 0 Å². The van der Waals surface area contributed by atoms with Crippen LogP contribution in [-0.4, -0.2) is 128 Å². The van der Waals surface area contributed by atoms with E-state index in [1.165, 1.54) is 11.8 Å². The van der Waals surface area contributed by atoms with E-state index in [-0.39, 0.29) is 11.8 Å². The third-order valence-electron chi connectivity index (χ3n) is 3.67. The normalized spacial score (nSPS) is 13.4. The third-order valence-corrected chi connectivity index (χ3v) is 15.5. The third kappa shape index (κ3) is 32.4. The van der Waals surface area contributed by atoms with E-state index >= 15 is 0 Å². The van der Waals surface area contributed by atoms with E-state index in [0.717, 1.165) is 54.9 Å². The van der Waals surface area contributed by atoms with Crippen LogP contribution in [0.5, 0.6) is 0 Å². The van der Waals surface area contributed by atoms with E-state index < -0.39 is 21.6 Å². The molecule has 0 aliphatic heterocycles. The van der Waals surface area contributed by atoms with Crippen molar-refractivity contribution >= 4 is 132 Å². The van der Waals surface area contributed by atoms with Crippen molar-refractivity contribution in [1.29, 1.82) is 0 Å². The minimum absolute atomic E-state index is 0.0580. The van der Waals surface area contributed by atoms with Gasteiger partial charge in [-0.15, -0.1) is 47.0 Å². The van der Waals surface area contributed by atoms with Gasteiger partial charge in [-0.25, -0.2) is 0 Å². The van der Waals surface area contributed by atoms with Gasteiger partial charge in [0.2, 0.25) is 0 Å². The summed E-state index contributed by atoms with van der Waals surface area (Å²) in [5.41, 5.74) is 3.10.